The zero-order chi connectivity index (χ0) is 19.8. The lowest BCUT2D eigenvalue weighted by Crippen LogP contribution is -2.28. The van der Waals surface area contributed by atoms with Crippen molar-refractivity contribution in [1.82, 2.24) is 15.0 Å². The zero-order valence-corrected chi connectivity index (χ0v) is 16.2. The average molecular weight is 401 g/mol. The van der Waals surface area contributed by atoms with Gasteiger partial charge < -0.3 is 4.98 Å². The van der Waals surface area contributed by atoms with E-state index >= 15 is 0 Å². The number of para-hydroxylation sites is 2. The Bertz CT molecular complexity index is 1200. The van der Waals surface area contributed by atoms with Crippen LogP contribution in [0.15, 0.2) is 84.0 Å². The molecule has 0 unspecified atom stereocenters. The van der Waals surface area contributed by atoms with E-state index in [0.717, 1.165) is 22.3 Å². The van der Waals surface area contributed by atoms with Gasteiger partial charge in [-0.15, -0.1) is 0 Å². The first-order valence-electron chi connectivity index (χ1n) is 9.36. The molecule has 3 aromatic carbocycles. The van der Waals surface area contributed by atoms with Gasteiger partial charge in [0.05, 0.1) is 27.3 Å². The van der Waals surface area contributed by atoms with Crippen molar-refractivity contribution in [3.63, 3.8) is 0 Å². The molecule has 0 fully saturated rings. The summed E-state index contributed by atoms with van der Waals surface area (Å²) in [5.41, 5.74) is 4.05. The Hall–Kier alpha value is -3.44. The van der Waals surface area contributed by atoms with Gasteiger partial charge in [0.25, 0.3) is 5.91 Å². The summed E-state index contributed by atoms with van der Waals surface area (Å²) in [6.07, 6.45) is 0.569. The van der Waals surface area contributed by atoms with Gasteiger partial charge in [-0.1, -0.05) is 66.2 Å². The number of H-pyrrole nitrogens is 1. The number of carbonyl (C=O) groups excluding carboxylic acids is 1. The van der Waals surface area contributed by atoms with E-state index in [4.69, 9.17) is 16.6 Å². The Balaban J connectivity index is 1.59. The third kappa shape index (κ3) is 3.19. The first kappa shape index (κ1) is 17.6. The van der Waals surface area contributed by atoms with Gasteiger partial charge in [-0.05, 0) is 29.8 Å². The predicted octanol–water partition coefficient (Wildman–Crippen LogP) is 5.21. The van der Waals surface area contributed by atoms with Crippen LogP contribution in [0, 0.1) is 0 Å². The molecule has 0 bridgehead atoms. The highest BCUT2D eigenvalue weighted by Crippen LogP contribution is 2.34. The number of carbonyl (C=O) groups is 1. The highest BCUT2D eigenvalue weighted by Gasteiger charge is 2.36. The van der Waals surface area contributed by atoms with E-state index in [1.807, 2.05) is 54.6 Å². The molecule has 1 aliphatic rings. The van der Waals surface area contributed by atoms with Crippen LogP contribution in [-0.4, -0.2) is 26.6 Å². The lowest BCUT2D eigenvalue weighted by Gasteiger charge is -2.20. The number of hydrogen-bond acceptors (Lipinski definition) is 3. The third-order valence-corrected chi connectivity index (χ3v) is 5.38. The van der Waals surface area contributed by atoms with Crippen molar-refractivity contribution in [1.29, 1.82) is 0 Å². The van der Waals surface area contributed by atoms with Gasteiger partial charge in [0.15, 0.2) is 0 Å². The van der Waals surface area contributed by atoms with Crippen LogP contribution in [0.3, 0.4) is 0 Å². The molecule has 0 radical (unpaired) electrons. The highest BCUT2D eigenvalue weighted by molar-refractivity contribution is 6.33. The monoisotopic (exact) mass is 400 g/mol. The second kappa shape index (κ2) is 7.18. The molecule has 0 spiro atoms. The normalized spacial score (nSPS) is 16.2. The van der Waals surface area contributed by atoms with Gasteiger partial charge in [0.2, 0.25) is 0 Å². The quantitative estimate of drug-likeness (QED) is 0.513. The zero-order valence-electron chi connectivity index (χ0n) is 15.4. The molecule has 1 N–H and O–H groups in total. The molecule has 142 valence electrons. The maximum absolute atomic E-state index is 13.3. The fourth-order valence-electron chi connectivity index (χ4n) is 3.60. The van der Waals surface area contributed by atoms with Crippen molar-refractivity contribution in [2.24, 2.45) is 5.10 Å². The van der Waals surface area contributed by atoms with Crippen LogP contribution in [0.4, 0.5) is 0 Å². The molecular formula is C23H17ClN4O. The number of imidazole rings is 1. The minimum Gasteiger partial charge on any atom is -0.340 e. The van der Waals surface area contributed by atoms with Crippen molar-refractivity contribution in [2.75, 3.05) is 0 Å². The fraction of sp³-hybridized carbons (Fsp3) is 0.0870. The first-order chi connectivity index (χ1) is 14.2. The van der Waals surface area contributed by atoms with Gasteiger partial charge in [-0.25, -0.2) is 9.99 Å². The summed E-state index contributed by atoms with van der Waals surface area (Å²) in [7, 11) is 0. The summed E-state index contributed by atoms with van der Waals surface area (Å²) in [6.45, 7) is 0. The van der Waals surface area contributed by atoms with Crippen molar-refractivity contribution in [3.05, 3.63) is 101 Å². The van der Waals surface area contributed by atoms with Crippen LogP contribution >= 0.6 is 11.6 Å². The summed E-state index contributed by atoms with van der Waals surface area (Å²) in [4.78, 5) is 21.4. The molecule has 2 heterocycles. The average Bonchev–Trinajstić information content (AvgIpc) is 3.38. The summed E-state index contributed by atoms with van der Waals surface area (Å²) in [5, 5.41) is 6.59. The van der Waals surface area contributed by atoms with Gasteiger partial charge in [-0.2, -0.15) is 5.10 Å². The molecule has 0 saturated carbocycles. The number of halogens is 1. The minimum absolute atomic E-state index is 0.244. The molecule has 0 saturated heterocycles. The van der Waals surface area contributed by atoms with Gasteiger partial charge >= 0.3 is 0 Å². The van der Waals surface area contributed by atoms with Gasteiger partial charge in [-0.3, -0.25) is 4.79 Å². The number of amides is 1. The van der Waals surface area contributed by atoms with E-state index in [9.17, 15) is 4.79 Å². The third-order valence-electron chi connectivity index (χ3n) is 5.05. The molecule has 1 aromatic heterocycles. The summed E-state index contributed by atoms with van der Waals surface area (Å²) in [6, 6.07) is 24.4. The number of hydrazone groups is 1. The van der Waals surface area contributed by atoms with Gasteiger partial charge in [0, 0.05) is 6.42 Å². The number of nitrogens with zero attached hydrogens (tertiary/aromatic N) is 3. The molecule has 1 amide bonds. The van der Waals surface area contributed by atoms with Crippen molar-refractivity contribution < 1.29 is 4.79 Å². The summed E-state index contributed by atoms with van der Waals surface area (Å²) < 4.78 is 0. The van der Waals surface area contributed by atoms with Crippen LogP contribution in [0.1, 0.15) is 34.2 Å². The molecule has 5 nitrogen and oxygen atoms in total. The van der Waals surface area contributed by atoms with Crippen molar-refractivity contribution in [2.45, 2.75) is 12.5 Å². The van der Waals surface area contributed by atoms with E-state index in [1.165, 1.54) is 5.01 Å². The number of benzene rings is 3. The van der Waals surface area contributed by atoms with E-state index in [-0.39, 0.29) is 11.9 Å². The maximum Gasteiger partial charge on any atom is 0.276 e. The SMILES string of the molecule is O=C(c1ccccc1Cl)N1N=C(c2ccccc2)C[C@@H]1c1nc2ccccc2[nH]1. The Morgan fingerprint density at radius 2 is 1.69 bits per heavy atom. The molecule has 29 heavy (non-hydrogen) atoms. The first-order valence-corrected chi connectivity index (χ1v) is 9.74. The second-order valence-corrected chi connectivity index (χ2v) is 7.31. The second-order valence-electron chi connectivity index (χ2n) is 6.90. The Kier molecular flexibility index (Phi) is 4.37. The Morgan fingerprint density at radius 1 is 0.966 bits per heavy atom. The molecular weight excluding hydrogens is 384 g/mol. The van der Waals surface area contributed by atoms with E-state index < -0.39 is 0 Å². The van der Waals surface area contributed by atoms with E-state index in [1.54, 1.807) is 24.3 Å². The van der Waals surface area contributed by atoms with E-state index in [0.29, 0.717) is 22.8 Å². The lowest BCUT2D eigenvalue weighted by molar-refractivity contribution is 0.0705. The van der Waals surface area contributed by atoms with Crippen LogP contribution in [0.2, 0.25) is 5.02 Å². The van der Waals surface area contributed by atoms with Crippen molar-refractivity contribution in [3.8, 4) is 0 Å². The largest absolute Gasteiger partial charge is 0.340 e. The number of aromatic amines is 1. The molecule has 5 rings (SSSR count). The van der Waals surface area contributed by atoms with Crippen LogP contribution in [0.25, 0.3) is 11.0 Å². The number of hydrogen-bond donors (Lipinski definition) is 1. The van der Waals surface area contributed by atoms with Crippen LogP contribution in [0.5, 0.6) is 0 Å². The maximum atomic E-state index is 13.3. The molecule has 0 aliphatic carbocycles. The van der Waals surface area contributed by atoms with Crippen LogP contribution < -0.4 is 0 Å². The standard InChI is InChI=1S/C23H17ClN4O/c24-17-11-5-4-10-16(17)23(29)28-21(14-20(27-28)15-8-2-1-3-9-15)22-25-18-12-6-7-13-19(18)26-22/h1-13,21H,14H2,(H,25,26)/t21-/m1/s1. The van der Waals surface area contributed by atoms with E-state index in [2.05, 4.69) is 10.1 Å². The number of nitrogens with one attached hydrogen (secondary N) is 1. The predicted molar refractivity (Wildman–Crippen MR) is 114 cm³/mol. The van der Waals surface area contributed by atoms with Gasteiger partial charge in [0.1, 0.15) is 11.9 Å². The topological polar surface area (TPSA) is 61.4 Å². The fourth-order valence-corrected chi connectivity index (χ4v) is 3.82. The van der Waals surface area contributed by atoms with Crippen molar-refractivity contribution >= 4 is 34.3 Å². The Labute approximate surface area is 172 Å². The summed E-state index contributed by atoms with van der Waals surface area (Å²) >= 11 is 6.29. The lowest BCUT2D eigenvalue weighted by atomic mass is 10.0. The highest BCUT2D eigenvalue weighted by atomic mass is 35.5. The Morgan fingerprint density at radius 3 is 2.48 bits per heavy atom. The number of rotatable bonds is 3. The molecule has 1 aliphatic heterocycles. The number of aromatic nitrogens is 2. The summed E-state index contributed by atoms with van der Waals surface area (Å²) in [5.74, 6) is 0.466. The molecule has 4 aromatic rings. The number of fused-ring (bicyclic) bond motifs is 1. The minimum atomic E-state index is -0.332. The molecule has 6 heteroatoms. The smallest absolute Gasteiger partial charge is 0.276 e. The van der Waals surface area contributed by atoms with Crippen LogP contribution in [-0.2, 0) is 0 Å². The molecule has 1 atom stereocenters.